The van der Waals surface area contributed by atoms with Gasteiger partial charge in [-0.05, 0) is 86.4 Å². The molecule has 2 aliphatic carbocycles. The number of aryl methyl sites for hydroxylation is 1. The molecule has 1 spiro atoms. The number of nitrogens with zero attached hydrogens (tertiary/aromatic N) is 3. The third-order valence-electron chi connectivity index (χ3n) is 8.15. The summed E-state index contributed by atoms with van der Waals surface area (Å²) in [7, 11) is 0. The van der Waals surface area contributed by atoms with Gasteiger partial charge in [-0.25, -0.2) is 4.39 Å². The van der Waals surface area contributed by atoms with Gasteiger partial charge in [0.1, 0.15) is 17.3 Å². The van der Waals surface area contributed by atoms with E-state index in [0.717, 1.165) is 67.7 Å². The van der Waals surface area contributed by atoms with Gasteiger partial charge in [0.2, 0.25) is 0 Å². The second-order valence-electron chi connectivity index (χ2n) is 10.7. The van der Waals surface area contributed by atoms with E-state index in [1.165, 1.54) is 22.7 Å². The average molecular weight is 500 g/mol. The van der Waals surface area contributed by atoms with Crippen molar-refractivity contribution >= 4 is 33.8 Å². The zero-order valence-electron chi connectivity index (χ0n) is 20.2. The maximum atomic E-state index is 14.8. The van der Waals surface area contributed by atoms with E-state index in [0.29, 0.717) is 22.2 Å². The molecular formula is C30H27ClFN3O. The van der Waals surface area contributed by atoms with Gasteiger partial charge in [-0.15, -0.1) is 0 Å². The Kier molecular flexibility index (Phi) is 5.00. The van der Waals surface area contributed by atoms with Crippen molar-refractivity contribution in [3.05, 3.63) is 82.5 Å². The molecule has 182 valence electrons. The van der Waals surface area contributed by atoms with Crippen LogP contribution in [0.2, 0.25) is 5.02 Å². The van der Waals surface area contributed by atoms with Crippen LogP contribution in [0.5, 0.6) is 0 Å². The minimum Gasteiger partial charge on any atom is -0.371 e. The predicted molar refractivity (Wildman–Crippen MR) is 142 cm³/mol. The highest BCUT2D eigenvalue weighted by atomic mass is 35.5. The summed E-state index contributed by atoms with van der Waals surface area (Å²) in [4.78, 5) is 7.11. The Morgan fingerprint density at radius 1 is 1.06 bits per heavy atom. The summed E-state index contributed by atoms with van der Waals surface area (Å²) in [6.45, 7) is 4.05. The molecule has 7 rings (SSSR count). The first-order chi connectivity index (χ1) is 17.5. The molecule has 0 unspecified atom stereocenters. The first-order valence-electron chi connectivity index (χ1n) is 12.8. The van der Waals surface area contributed by atoms with Crippen molar-refractivity contribution in [2.45, 2.75) is 44.9 Å². The Labute approximate surface area is 214 Å². The van der Waals surface area contributed by atoms with Crippen LogP contribution < -0.4 is 4.90 Å². The molecule has 2 fully saturated rings. The van der Waals surface area contributed by atoms with Gasteiger partial charge in [0.15, 0.2) is 0 Å². The van der Waals surface area contributed by atoms with Gasteiger partial charge in [-0.1, -0.05) is 35.0 Å². The molecule has 0 bridgehead atoms. The Morgan fingerprint density at radius 3 is 2.61 bits per heavy atom. The SMILES string of the molecule is Cc1ccc2cc(N3CCC4(C=C(c5c(-c6c(F)cccc6Cl)noc5C5CC5)C4)CC3)ccc2n1. The summed E-state index contributed by atoms with van der Waals surface area (Å²) in [5.41, 5.74) is 6.66. The fraction of sp³-hybridized carbons (Fsp3) is 0.333. The van der Waals surface area contributed by atoms with Crippen LogP contribution in [0.4, 0.5) is 10.1 Å². The average Bonchev–Trinajstić information content (AvgIpc) is 3.62. The molecule has 1 saturated carbocycles. The highest BCUT2D eigenvalue weighted by Gasteiger charge is 2.44. The van der Waals surface area contributed by atoms with Crippen molar-refractivity contribution in [1.29, 1.82) is 0 Å². The molecule has 3 heterocycles. The molecule has 36 heavy (non-hydrogen) atoms. The summed E-state index contributed by atoms with van der Waals surface area (Å²) in [5, 5.41) is 5.89. The fourth-order valence-corrected chi connectivity index (χ4v) is 6.21. The van der Waals surface area contributed by atoms with Crippen LogP contribution in [-0.2, 0) is 0 Å². The smallest absolute Gasteiger partial charge is 0.147 e. The Balaban J connectivity index is 1.15. The Bertz CT molecular complexity index is 1510. The molecule has 0 N–H and O–H groups in total. The number of benzene rings is 2. The molecule has 2 aromatic carbocycles. The van der Waals surface area contributed by atoms with Crippen molar-refractivity contribution < 1.29 is 8.91 Å². The van der Waals surface area contributed by atoms with Crippen LogP contribution in [-0.4, -0.2) is 23.2 Å². The van der Waals surface area contributed by atoms with E-state index >= 15 is 0 Å². The minimum absolute atomic E-state index is 0.190. The third kappa shape index (κ3) is 3.64. The first-order valence-corrected chi connectivity index (χ1v) is 13.2. The van der Waals surface area contributed by atoms with Crippen molar-refractivity contribution in [1.82, 2.24) is 10.1 Å². The van der Waals surface area contributed by atoms with Gasteiger partial charge in [0, 0.05) is 41.3 Å². The lowest BCUT2D eigenvalue weighted by atomic mass is 9.63. The van der Waals surface area contributed by atoms with Gasteiger partial charge in [0.25, 0.3) is 0 Å². The van der Waals surface area contributed by atoms with Gasteiger partial charge < -0.3 is 9.42 Å². The molecule has 1 aliphatic heterocycles. The molecule has 0 radical (unpaired) electrons. The number of hydrogen-bond acceptors (Lipinski definition) is 4. The van der Waals surface area contributed by atoms with Crippen LogP contribution in [0.25, 0.3) is 27.7 Å². The summed E-state index contributed by atoms with van der Waals surface area (Å²) in [6, 6.07) is 15.6. The second kappa shape index (κ2) is 8.17. The van der Waals surface area contributed by atoms with Crippen molar-refractivity contribution in [2.75, 3.05) is 18.0 Å². The topological polar surface area (TPSA) is 42.2 Å². The van der Waals surface area contributed by atoms with Crippen molar-refractivity contribution in [3.8, 4) is 11.3 Å². The monoisotopic (exact) mass is 499 g/mol. The van der Waals surface area contributed by atoms with Gasteiger partial charge in [-0.3, -0.25) is 4.98 Å². The van der Waals surface area contributed by atoms with Crippen LogP contribution in [0.15, 0.2) is 59.1 Å². The molecular weight excluding hydrogens is 473 g/mol. The Morgan fingerprint density at radius 2 is 1.86 bits per heavy atom. The largest absolute Gasteiger partial charge is 0.371 e. The van der Waals surface area contributed by atoms with Crippen LogP contribution >= 0.6 is 11.6 Å². The summed E-state index contributed by atoms with van der Waals surface area (Å²) < 4.78 is 20.6. The number of pyridine rings is 1. The maximum Gasteiger partial charge on any atom is 0.147 e. The number of halogens is 2. The molecule has 3 aliphatic rings. The zero-order valence-corrected chi connectivity index (χ0v) is 21.0. The van der Waals surface area contributed by atoms with E-state index in [1.54, 1.807) is 12.1 Å². The molecule has 2 aromatic heterocycles. The number of fused-ring (bicyclic) bond motifs is 1. The lowest BCUT2D eigenvalue weighted by Gasteiger charge is -2.47. The number of anilines is 1. The van der Waals surface area contributed by atoms with E-state index in [-0.39, 0.29) is 11.2 Å². The molecule has 0 atom stereocenters. The standard InChI is InChI=1S/C30H27ClFN3O/c1-18-5-6-20-15-22(9-10-25(20)33-18)35-13-11-30(12-14-35)16-21(17-30)26-28(34-36-29(26)19-7-8-19)27-23(31)3-2-4-24(27)32/h2-6,9-10,15-16,19H,7-8,11-14,17H2,1H3. The maximum absolute atomic E-state index is 14.8. The summed E-state index contributed by atoms with van der Waals surface area (Å²) >= 11 is 6.42. The zero-order chi connectivity index (χ0) is 24.4. The van der Waals surface area contributed by atoms with Crippen LogP contribution in [0.3, 0.4) is 0 Å². The van der Waals surface area contributed by atoms with Crippen molar-refractivity contribution in [2.24, 2.45) is 5.41 Å². The van der Waals surface area contributed by atoms with Gasteiger partial charge in [0.05, 0.1) is 16.1 Å². The minimum atomic E-state index is -0.358. The normalized spacial score (nSPS) is 19.0. The fourth-order valence-electron chi connectivity index (χ4n) is 5.96. The van der Waals surface area contributed by atoms with E-state index in [2.05, 4.69) is 51.4 Å². The quantitative estimate of drug-likeness (QED) is 0.286. The Hall–Kier alpha value is -3.18. The summed E-state index contributed by atoms with van der Waals surface area (Å²) in [5.74, 6) is 0.934. The van der Waals surface area contributed by atoms with E-state index in [9.17, 15) is 4.39 Å². The highest BCUT2D eigenvalue weighted by molar-refractivity contribution is 6.33. The molecule has 0 amide bonds. The van der Waals surface area contributed by atoms with Crippen LogP contribution in [0, 0.1) is 18.2 Å². The number of hydrogen-bond donors (Lipinski definition) is 0. The third-order valence-corrected chi connectivity index (χ3v) is 8.46. The number of allylic oxidation sites excluding steroid dienone is 2. The first kappa shape index (κ1) is 22.1. The van der Waals surface area contributed by atoms with Gasteiger partial charge >= 0.3 is 0 Å². The number of rotatable bonds is 4. The van der Waals surface area contributed by atoms with E-state index in [4.69, 9.17) is 16.1 Å². The lowest BCUT2D eigenvalue weighted by Crippen LogP contribution is -2.42. The lowest BCUT2D eigenvalue weighted by molar-refractivity contribution is 0.277. The second-order valence-corrected chi connectivity index (χ2v) is 11.1. The molecule has 1 saturated heterocycles. The number of aromatic nitrogens is 2. The van der Waals surface area contributed by atoms with E-state index < -0.39 is 0 Å². The predicted octanol–water partition coefficient (Wildman–Crippen LogP) is 7.94. The van der Waals surface area contributed by atoms with E-state index in [1.807, 2.05) is 6.92 Å². The van der Waals surface area contributed by atoms with Crippen LogP contribution in [0.1, 0.15) is 55.0 Å². The molecule has 4 nitrogen and oxygen atoms in total. The highest BCUT2D eigenvalue weighted by Crippen LogP contribution is 2.56. The summed E-state index contributed by atoms with van der Waals surface area (Å²) in [6.07, 6.45) is 7.78. The van der Waals surface area contributed by atoms with Gasteiger partial charge in [-0.2, -0.15) is 0 Å². The molecule has 4 aromatic rings. The van der Waals surface area contributed by atoms with Crippen molar-refractivity contribution in [3.63, 3.8) is 0 Å². The molecule has 6 heteroatoms. The number of piperidine rings is 1.